The van der Waals surface area contributed by atoms with E-state index in [1.54, 1.807) is 23.5 Å². The minimum Gasteiger partial charge on any atom is -0.383 e. The van der Waals surface area contributed by atoms with Crippen LogP contribution < -0.4 is 0 Å². The molecule has 0 aliphatic carbocycles. The molecule has 0 bridgehead atoms. The second-order valence-corrected chi connectivity index (χ2v) is 9.58. The molecule has 1 aromatic carbocycles. The molecule has 0 N–H and O–H groups in total. The Morgan fingerprint density at radius 2 is 2.07 bits per heavy atom. The van der Waals surface area contributed by atoms with Gasteiger partial charge in [-0.3, -0.25) is 9.69 Å². The van der Waals surface area contributed by atoms with Crippen LogP contribution in [0.2, 0.25) is 0 Å². The Kier molecular flexibility index (Phi) is 6.75. The molecule has 0 radical (unpaired) electrons. The van der Waals surface area contributed by atoms with Crippen LogP contribution in [0.4, 0.5) is 0 Å². The van der Waals surface area contributed by atoms with E-state index in [1.807, 2.05) is 29.8 Å². The zero-order chi connectivity index (χ0) is 20.3. The third-order valence-corrected chi connectivity index (χ3v) is 7.72. The first kappa shape index (κ1) is 21.2. The molecular weight excluding hydrogens is 378 g/mol. The third kappa shape index (κ3) is 4.40. The maximum atomic E-state index is 13.2. The Morgan fingerprint density at radius 3 is 2.79 bits per heavy atom. The highest BCUT2D eigenvalue weighted by molar-refractivity contribution is 7.89. The molecule has 2 heterocycles. The monoisotopic (exact) mass is 409 g/mol. The second-order valence-electron chi connectivity index (χ2n) is 7.69. The Morgan fingerprint density at radius 1 is 1.29 bits per heavy atom. The number of nitrogens with zero attached hydrogens (tertiary/aromatic N) is 3. The highest BCUT2D eigenvalue weighted by Crippen LogP contribution is 2.29. The van der Waals surface area contributed by atoms with E-state index < -0.39 is 10.0 Å². The van der Waals surface area contributed by atoms with Crippen LogP contribution in [0, 0.1) is 0 Å². The summed E-state index contributed by atoms with van der Waals surface area (Å²) in [6.07, 6.45) is 2.43. The topological polar surface area (TPSA) is 70.2 Å². The van der Waals surface area contributed by atoms with E-state index >= 15 is 0 Å². The van der Waals surface area contributed by atoms with Gasteiger partial charge >= 0.3 is 0 Å². The Balaban J connectivity index is 1.79. The lowest BCUT2D eigenvalue weighted by atomic mass is 10.00. The van der Waals surface area contributed by atoms with Crippen LogP contribution in [0.5, 0.6) is 0 Å². The van der Waals surface area contributed by atoms with E-state index in [9.17, 15) is 13.2 Å². The van der Waals surface area contributed by atoms with Gasteiger partial charge in [-0.15, -0.1) is 0 Å². The van der Waals surface area contributed by atoms with Gasteiger partial charge in [-0.25, -0.2) is 8.42 Å². The average molecular weight is 410 g/mol. The predicted molar refractivity (Wildman–Crippen MR) is 108 cm³/mol. The maximum Gasteiger partial charge on any atom is 0.243 e. The Labute approximate surface area is 168 Å². The number of methoxy groups -OCH3 is 1. The van der Waals surface area contributed by atoms with Gasteiger partial charge < -0.3 is 9.64 Å². The van der Waals surface area contributed by atoms with Crippen molar-refractivity contribution in [1.82, 2.24) is 14.1 Å². The standard InChI is InChI=1S/C20H31N3O4S/c1-4-21(2)14-20(24)22-11-9-16-7-8-19(12-17(16)13-22)28(25,26)23-10-5-6-18(23)15-27-3/h7-8,12,18H,4-6,9-11,13-15H2,1-3H3/t18-/m1/s1. The lowest BCUT2D eigenvalue weighted by molar-refractivity contribution is -0.133. The molecule has 1 amide bonds. The molecule has 3 rings (SSSR count). The number of carbonyl (C=O) groups is 1. The van der Waals surface area contributed by atoms with Gasteiger partial charge in [0.05, 0.1) is 18.0 Å². The Hall–Kier alpha value is -1.48. The zero-order valence-electron chi connectivity index (χ0n) is 17.1. The molecule has 1 fully saturated rings. The molecule has 2 aliphatic heterocycles. The first-order valence-electron chi connectivity index (χ1n) is 9.95. The van der Waals surface area contributed by atoms with Crippen molar-refractivity contribution in [2.24, 2.45) is 0 Å². The van der Waals surface area contributed by atoms with Gasteiger partial charge in [-0.2, -0.15) is 4.31 Å². The molecule has 0 aromatic heterocycles. The first-order chi connectivity index (χ1) is 13.4. The van der Waals surface area contributed by atoms with Crippen molar-refractivity contribution in [2.75, 3.05) is 46.9 Å². The Bertz CT molecular complexity index is 812. The number of ether oxygens (including phenoxy) is 1. The highest BCUT2D eigenvalue weighted by Gasteiger charge is 2.35. The summed E-state index contributed by atoms with van der Waals surface area (Å²) in [5, 5.41) is 0. The number of likely N-dealkylation sites (N-methyl/N-ethyl adjacent to an activating group) is 1. The second kappa shape index (κ2) is 8.90. The van der Waals surface area contributed by atoms with Gasteiger partial charge in [-0.1, -0.05) is 13.0 Å². The fourth-order valence-electron chi connectivity index (χ4n) is 3.97. The van der Waals surface area contributed by atoms with Crippen LogP contribution >= 0.6 is 0 Å². The number of benzene rings is 1. The van der Waals surface area contributed by atoms with Crippen molar-refractivity contribution in [3.63, 3.8) is 0 Å². The summed E-state index contributed by atoms with van der Waals surface area (Å²) >= 11 is 0. The number of hydrogen-bond acceptors (Lipinski definition) is 5. The minimum atomic E-state index is -3.56. The molecule has 1 aromatic rings. The smallest absolute Gasteiger partial charge is 0.243 e. The van der Waals surface area contributed by atoms with E-state index in [0.717, 1.165) is 36.9 Å². The van der Waals surface area contributed by atoms with Crippen LogP contribution in [-0.2, 0) is 32.5 Å². The van der Waals surface area contributed by atoms with Crippen LogP contribution in [0.15, 0.2) is 23.1 Å². The lowest BCUT2D eigenvalue weighted by Crippen LogP contribution is -2.42. The summed E-state index contributed by atoms with van der Waals surface area (Å²) in [5.74, 6) is 0.0861. The number of fused-ring (bicyclic) bond motifs is 1. The quantitative estimate of drug-likeness (QED) is 0.679. The molecule has 8 heteroatoms. The molecule has 7 nitrogen and oxygen atoms in total. The lowest BCUT2D eigenvalue weighted by Gasteiger charge is -2.31. The van der Waals surface area contributed by atoms with E-state index in [4.69, 9.17) is 4.74 Å². The molecule has 28 heavy (non-hydrogen) atoms. The zero-order valence-corrected chi connectivity index (χ0v) is 17.9. The summed E-state index contributed by atoms with van der Waals surface area (Å²) in [7, 11) is -0.0382. The highest BCUT2D eigenvalue weighted by atomic mass is 32.2. The van der Waals surface area contributed by atoms with Gasteiger partial charge in [-0.05, 0) is 56.1 Å². The number of hydrogen-bond donors (Lipinski definition) is 0. The largest absolute Gasteiger partial charge is 0.383 e. The van der Waals surface area contributed by atoms with Gasteiger partial charge in [0.1, 0.15) is 0 Å². The predicted octanol–water partition coefficient (Wildman–Crippen LogP) is 1.32. The fraction of sp³-hybridized carbons (Fsp3) is 0.650. The van der Waals surface area contributed by atoms with E-state index in [-0.39, 0.29) is 11.9 Å². The van der Waals surface area contributed by atoms with Crippen molar-refractivity contribution in [3.05, 3.63) is 29.3 Å². The van der Waals surface area contributed by atoms with Gasteiger partial charge in [0.25, 0.3) is 0 Å². The van der Waals surface area contributed by atoms with Crippen molar-refractivity contribution in [2.45, 2.75) is 43.7 Å². The van der Waals surface area contributed by atoms with Crippen LogP contribution in [0.3, 0.4) is 0 Å². The van der Waals surface area contributed by atoms with Crippen LogP contribution in [-0.4, -0.2) is 81.4 Å². The van der Waals surface area contributed by atoms with Gasteiger partial charge in [0.15, 0.2) is 0 Å². The van der Waals surface area contributed by atoms with Crippen LogP contribution in [0.1, 0.15) is 30.9 Å². The average Bonchev–Trinajstić information content (AvgIpc) is 3.16. The molecule has 156 valence electrons. The molecule has 0 spiro atoms. The SMILES string of the molecule is CCN(C)CC(=O)N1CCc2ccc(S(=O)(=O)N3CCC[C@@H]3COC)cc2C1. The summed E-state index contributed by atoms with van der Waals surface area (Å²) in [5.41, 5.74) is 2.06. The molecule has 1 saturated heterocycles. The van der Waals surface area contributed by atoms with Crippen molar-refractivity contribution >= 4 is 15.9 Å². The van der Waals surface area contributed by atoms with Crippen molar-refractivity contribution in [3.8, 4) is 0 Å². The van der Waals surface area contributed by atoms with E-state index in [1.165, 1.54) is 0 Å². The summed E-state index contributed by atoms with van der Waals surface area (Å²) in [6.45, 7) is 5.31. The number of amides is 1. The first-order valence-corrected chi connectivity index (χ1v) is 11.4. The summed E-state index contributed by atoms with van der Waals surface area (Å²) in [4.78, 5) is 16.6. The van der Waals surface area contributed by atoms with Crippen molar-refractivity contribution in [1.29, 1.82) is 0 Å². The molecule has 2 aliphatic rings. The van der Waals surface area contributed by atoms with Crippen LogP contribution in [0.25, 0.3) is 0 Å². The van der Waals surface area contributed by atoms with Gasteiger partial charge in [0.2, 0.25) is 15.9 Å². The maximum absolute atomic E-state index is 13.2. The van der Waals surface area contributed by atoms with E-state index in [2.05, 4.69) is 0 Å². The molecule has 0 saturated carbocycles. The molecule has 1 atom stereocenters. The minimum absolute atomic E-state index is 0.0861. The molecule has 0 unspecified atom stereocenters. The fourth-order valence-corrected chi connectivity index (χ4v) is 5.70. The van der Waals surface area contributed by atoms with E-state index in [0.29, 0.717) is 37.7 Å². The van der Waals surface area contributed by atoms with Crippen molar-refractivity contribution < 1.29 is 17.9 Å². The normalized spacial score (nSPS) is 20.6. The number of sulfonamides is 1. The summed E-state index contributed by atoms with van der Waals surface area (Å²) in [6, 6.07) is 5.27. The third-order valence-electron chi connectivity index (χ3n) is 5.78. The summed E-state index contributed by atoms with van der Waals surface area (Å²) < 4.78 is 33.2. The van der Waals surface area contributed by atoms with Gasteiger partial charge in [0, 0.05) is 32.8 Å². The molecular formula is C20H31N3O4S. The number of carbonyl (C=O) groups excluding carboxylic acids is 1. The number of rotatable bonds is 7.